The molecule has 1 unspecified atom stereocenters. The molecule has 2 nitrogen and oxygen atoms in total. The lowest BCUT2D eigenvalue weighted by atomic mass is 9.68. The van der Waals surface area contributed by atoms with Gasteiger partial charge in [0.15, 0.2) is 0 Å². The van der Waals surface area contributed by atoms with Crippen molar-refractivity contribution in [3.63, 3.8) is 0 Å². The van der Waals surface area contributed by atoms with Gasteiger partial charge in [0, 0.05) is 6.54 Å². The molecule has 0 aromatic rings. The van der Waals surface area contributed by atoms with Crippen molar-refractivity contribution in [1.29, 1.82) is 0 Å². The summed E-state index contributed by atoms with van der Waals surface area (Å²) in [7, 11) is 0. The van der Waals surface area contributed by atoms with Gasteiger partial charge in [-0.25, -0.2) is 0 Å². The Morgan fingerprint density at radius 2 is 1.79 bits per heavy atom. The predicted molar refractivity (Wildman–Crippen MR) is 65.4 cm³/mol. The van der Waals surface area contributed by atoms with E-state index in [1.807, 2.05) is 0 Å². The van der Waals surface area contributed by atoms with Crippen LogP contribution in [0.15, 0.2) is 0 Å². The highest BCUT2D eigenvalue weighted by molar-refractivity contribution is 5.85. The highest BCUT2D eigenvalue weighted by Gasteiger charge is 2.42. The molecule has 0 amide bonds. The second-order valence-electron chi connectivity index (χ2n) is 4.49. The molecule has 0 aromatic carbocycles. The van der Waals surface area contributed by atoms with Gasteiger partial charge in [0.25, 0.3) is 0 Å². The Morgan fingerprint density at radius 1 is 1.14 bits per heavy atom. The minimum atomic E-state index is 0. The van der Waals surface area contributed by atoms with Crippen LogP contribution < -0.4 is 11.1 Å². The summed E-state index contributed by atoms with van der Waals surface area (Å²) in [6.45, 7) is 3.28. The molecule has 1 spiro atoms. The van der Waals surface area contributed by atoms with E-state index in [1.165, 1.54) is 38.6 Å². The monoisotopic (exact) mass is 240 g/mol. The van der Waals surface area contributed by atoms with Crippen molar-refractivity contribution in [1.82, 2.24) is 5.32 Å². The third kappa shape index (κ3) is 2.54. The number of hydrogen-bond donors (Lipinski definition) is 2. The molecule has 0 bridgehead atoms. The summed E-state index contributed by atoms with van der Waals surface area (Å²) in [4.78, 5) is 0. The number of nitrogens with one attached hydrogen (secondary N) is 1. The molecular formula is C10H22Cl2N2. The van der Waals surface area contributed by atoms with Crippen LogP contribution in [0.2, 0.25) is 0 Å². The van der Waals surface area contributed by atoms with E-state index in [1.54, 1.807) is 0 Å². The molecule has 0 aromatic heterocycles. The fourth-order valence-corrected chi connectivity index (χ4v) is 3.03. The Hall–Kier alpha value is 0.500. The highest BCUT2D eigenvalue weighted by Crippen LogP contribution is 2.44. The smallest absolute Gasteiger partial charge is 0.00116 e. The van der Waals surface area contributed by atoms with Gasteiger partial charge >= 0.3 is 0 Å². The first kappa shape index (κ1) is 14.5. The van der Waals surface area contributed by atoms with Crippen LogP contribution in [-0.2, 0) is 0 Å². The number of hydrogen-bond acceptors (Lipinski definition) is 2. The van der Waals surface area contributed by atoms with Crippen molar-refractivity contribution in [3.05, 3.63) is 0 Å². The van der Waals surface area contributed by atoms with E-state index in [9.17, 15) is 0 Å². The van der Waals surface area contributed by atoms with Crippen LogP contribution in [0.3, 0.4) is 0 Å². The van der Waals surface area contributed by atoms with E-state index in [0.717, 1.165) is 19.0 Å². The van der Waals surface area contributed by atoms with Gasteiger partial charge in [0.1, 0.15) is 0 Å². The molecule has 4 heteroatoms. The van der Waals surface area contributed by atoms with Gasteiger partial charge in [0.2, 0.25) is 0 Å². The zero-order valence-electron chi connectivity index (χ0n) is 8.63. The zero-order valence-corrected chi connectivity index (χ0v) is 10.3. The minimum Gasteiger partial charge on any atom is -0.330 e. The molecular weight excluding hydrogens is 219 g/mol. The molecule has 1 atom stereocenters. The Balaban J connectivity index is 0.000000845. The van der Waals surface area contributed by atoms with Gasteiger partial charge in [-0.05, 0) is 37.3 Å². The first-order valence-corrected chi connectivity index (χ1v) is 5.28. The molecule has 1 aliphatic carbocycles. The van der Waals surface area contributed by atoms with Crippen LogP contribution in [-0.4, -0.2) is 19.6 Å². The summed E-state index contributed by atoms with van der Waals surface area (Å²) in [5, 5.41) is 3.50. The summed E-state index contributed by atoms with van der Waals surface area (Å²) >= 11 is 0. The Bertz CT molecular complexity index is 158. The molecule has 0 radical (unpaired) electrons. The number of halogens is 2. The van der Waals surface area contributed by atoms with Crippen LogP contribution in [0.1, 0.15) is 32.1 Å². The van der Waals surface area contributed by atoms with Crippen LogP contribution in [0, 0.1) is 11.3 Å². The van der Waals surface area contributed by atoms with E-state index in [2.05, 4.69) is 5.32 Å². The quantitative estimate of drug-likeness (QED) is 0.736. The normalized spacial score (nSPS) is 29.4. The maximum absolute atomic E-state index is 5.80. The van der Waals surface area contributed by atoms with Crippen molar-refractivity contribution in [3.8, 4) is 0 Å². The second kappa shape index (κ2) is 6.16. The lowest BCUT2D eigenvalue weighted by Gasteiger charge is -2.37. The molecule has 14 heavy (non-hydrogen) atoms. The molecule has 1 saturated heterocycles. The molecule has 1 heterocycles. The van der Waals surface area contributed by atoms with E-state index < -0.39 is 0 Å². The van der Waals surface area contributed by atoms with E-state index >= 15 is 0 Å². The Labute approximate surface area is 99.2 Å². The van der Waals surface area contributed by atoms with Gasteiger partial charge in [-0.3, -0.25) is 0 Å². The lowest BCUT2D eigenvalue weighted by Crippen LogP contribution is -2.36. The van der Waals surface area contributed by atoms with Crippen LogP contribution in [0.4, 0.5) is 0 Å². The minimum absolute atomic E-state index is 0. The van der Waals surface area contributed by atoms with E-state index in [-0.39, 0.29) is 24.8 Å². The van der Waals surface area contributed by atoms with Crippen molar-refractivity contribution >= 4 is 24.8 Å². The Kier molecular flexibility index (Phi) is 6.38. The second-order valence-corrected chi connectivity index (χ2v) is 4.49. The fourth-order valence-electron chi connectivity index (χ4n) is 3.03. The first-order valence-electron chi connectivity index (χ1n) is 5.28. The summed E-state index contributed by atoms with van der Waals surface area (Å²) < 4.78 is 0. The molecule has 1 aliphatic heterocycles. The lowest BCUT2D eigenvalue weighted by molar-refractivity contribution is 0.152. The largest absolute Gasteiger partial charge is 0.330 e. The number of nitrogens with two attached hydrogens (primary N) is 1. The van der Waals surface area contributed by atoms with E-state index in [0.29, 0.717) is 5.41 Å². The molecule has 3 N–H and O–H groups in total. The summed E-state index contributed by atoms with van der Waals surface area (Å²) in [5.41, 5.74) is 6.40. The third-order valence-corrected chi connectivity index (χ3v) is 3.87. The Morgan fingerprint density at radius 3 is 2.36 bits per heavy atom. The molecule has 1 saturated carbocycles. The van der Waals surface area contributed by atoms with Gasteiger partial charge in [-0.1, -0.05) is 19.3 Å². The summed E-state index contributed by atoms with van der Waals surface area (Å²) in [6.07, 6.45) is 7.14. The van der Waals surface area contributed by atoms with Gasteiger partial charge in [-0.2, -0.15) is 0 Å². The summed E-state index contributed by atoms with van der Waals surface area (Å²) in [6, 6.07) is 0. The number of rotatable bonds is 1. The van der Waals surface area contributed by atoms with Crippen LogP contribution in [0.5, 0.6) is 0 Å². The highest BCUT2D eigenvalue weighted by atomic mass is 35.5. The standard InChI is InChI=1S/C10H20N2.2ClH/c11-6-9-7-12-8-10(9)4-2-1-3-5-10;;/h9,12H,1-8,11H2;2*1H. The average Bonchev–Trinajstić information content (AvgIpc) is 2.49. The molecule has 2 fully saturated rings. The maximum atomic E-state index is 5.80. The van der Waals surface area contributed by atoms with Gasteiger partial charge < -0.3 is 11.1 Å². The first-order chi connectivity index (χ1) is 5.87. The summed E-state index contributed by atoms with van der Waals surface area (Å²) in [5.74, 6) is 0.762. The average molecular weight is 241 g/mol. The fraction of sp³-hybridized carbons (Fsp3) is 1.00. The zero-order chi connectivity index (χ0) is 8.44. The van der Waals surface area contributed by atoms with Crippen molar-refractivity contribution in [2.75, 3.05) is 19.6 Å². The van der Waals surface area contributed by atoms with E-state index in [4.69, 9.17) is 5.73 Å². The SMILES string of the molecule is Cl.Cl.NCC1CNCC12CCCCC2. The van der Waals surface area contributed by atoms with Gasteiger partial charge in [-0.15, -0.1) is 24.8 Å². The molecule has 86 valence electrons. The molecule has 2 rings (SSSR count). The maximum Gasteiger partial charge on any atom is 0.00116 e. The third-order valence-electron chi connectivity index (χ3n) is 3.87. The van der Waals surface area contributed by atoms with Crippen LogP contribution in [0.25, 0.3) is 0 Å². The van der Waals surface area contributed by atoms with Crippen molar-refractivity contribution in [2.45, 2.75) is 32.1 Å². The van der Waals surface area contributed by atoms with Crippen molar-refractivity contribution < 1.29 is 0 Å². The van der Waals surface area contributed by atoms with Crippen molar-refractivity contribution in [2.24, 2.45) is 17.1 Å². The predicted octanol–water partition coefficient (Wildman–Crippen LogP) is 1.96. The molecule has 2 aliphatic rings. The van der Waals surface area contributed by atoms with Crippen LogP contribution >= 0.6 is 24.8 Å². The topological polar surface area (TPSA) is 38.0 Å². The van der Waals surface area contributed by atoms with Gasteiger partial charge in [0.05, 0.1) is 0 Å².